The highest BCUT2D eigenvalue weighted by Crippen LogP contribution is 2.28. The zero-order chi connectivity index (χ0) is 14.5. The van der Waals surface area contributed by atoms with Crippen LogP contribution in [0.15, 0.2) is 34.2 Å². The summed E-state index contributed by atoms with van der Waals surface area (Å²) >= 11 is 1.28. The van der Waals surface area contributed by atoms with Gasteiger partial charge < -0.3 is 5.32 Å². The van der Waals surface area contributed by atoms with E-state index >= 15 is 0 Å². The molecule has 0 fully saturated rings. The smallest absolute Gasteiger partial charge is 0.159 e. The number of halogens is 2. The average Bonchev–Trinajstić information content (AvgIpc) is 2.43. The summed E-state index contributed by atoms with van der Waals surface area (Å²) in [6, 6.07) is 5.61. The third kappa shape index (κ3) is 3.66. The molecule has 1 heterocycles. The van der Waals surface area contributed by atoms with Crippen molar-refractivity contribution < 1.29 is 8.78 Å². The lowest BCUT2D eigenvalue weighted by molar-refractivity contribution is 0.506. The van der Waals surface area contributed by atoms with Crippen molar-refractivity contribution in [3.63, 3.8) is 0 Å². The molecule has 0 radical (unpaired) electrons. The normalized spacial score (nSPS) is 10.6. The molecule has 0 aliphatic heterocycles. The van der Waals surface area contributed by atoms with Crippen molar-refractivity contribution in [3.8, 4) is 0 Å². The summed E-state index contributed by atoms with van der Waals surface area (Å²) in [6.45, 7) is 4.71. The average molecular weight is 295 g/mol. The van der Waals surface area contributed by atoms with Gasteiger partial charge in [-0.1, -0.05) is 18.7 Å². The van der Waals surface area contributed by atoms with E-state index in [4.69, 9.17) is 0 Å². The van der Waals surface area contributed by atoms with Crippen molar-refractivity contribution in [1.29, 1.82) is 0 Å². The van der Waals surface area contributed by atoms with Gasteiger partial charge in [0, 0.05) is 23.9 Å². The lowest BCUT2D eigenvalue weighted by Gasteiger charge is -2.08. The van der Waals surface area contributed by atoms with Gasteiger partial charge >= 0.3 is 0 Å². The van der Waals surface area contributed by atoms with Crippen molar-refractivity contribution in [3.05, 3.63) is 41.7 Å². The lowest BCUT2D eigenvalue weighted by Crippen LogP contribution is -2.03. The summed E-state index contributed by atoms with van der Waals surface area (Å²) in [5.41, 5.74) is 0. The second-order valence-corrected chi connectivity index (χ2v) is 5.16. The summed E-state index contributed by atoms with van der Waals surface area (Å²) in [7, 11) is 0. The molecule has 0 amide bonds. The van der Waals surface area contributed by atoms with E-state index in [2.05, 4.69) is 15.3 Å². The molecule has 20 heavy (non-hydrogen) atoms. The minimum Gasteiger partial charge on any atom is -0.370 e. The van der Waals surface area contributed by atoms with Crippen LogP contribution in [0.2, 0.25) is 0 Å². The van der Waals surface area contributed by atoms with Crippen molar-refractivity contribution in [2.75, 3.05) is 11.9 Å². The molecule has 1 aromatic carbocycles. The Morgan fingerprint density at radius 2 is 1.90 bits per heavy atom. The minimum atomic E-state index is -0.855. The molecule has 0 unspecified atom stereocenters. The topological polar surface area (TPSA) is 37.8 Å². The summed E-state index contributed by atoms with van der Waals surface area (Å²) in [5.74, 6) is -0.246. The van der Waals surface area contributed by atoms with Crippen LogP contribution in [0.3, 0.4) is 0 Å². The molecule has 3 nitrogen and oxygen atoms in total. The number of rotatable bonds is 5. The Labute approximate surface area is 120 Å². The van der Waals surface area contributed by atoms with Crippen LogP contribution < -0.4 is 5.32 Å². The fourth-order valence-corrected chi connectivity index (χ4v) is 2.48. The minimum absolute atomic E-state index is 0.604. The molecule has 0 atom stereocenters. The molecular weight excluding hydrogens is 280 g/mol. The maximum absolute atomic E-state index is 13.2. The van der Waals surface area contributed by atoms with E-state index in [1.807, 2.05) is 13.8 Å². The maximum Gasteiger partial charge on any atom is 0.159 e. The van der Waals surface area contributed by atoms with E-state index in [0.717, 1.165) is 18.4 Å². The van der Waals surface area contributed by atoms with Gasteiger partial charge in [0.2, 0.25) is 0 Å². The second-order valence-electron chi connectivity index (χ2n) is 4.07. The molecule has 106 valence electrons. The van der Waals surface area contributed by atoms with Crippen LogP contribution in [0.4, 0.5) is 14.6 Å². The largest absolute Gasteiger partial charge is 0.370 e. The molecule has 0 bridgehead atoms. The Kier molecular flexibility index (Phi) is 4.89. The third-order valence-electron chi connectivity index (χ3n) is 2.54. The molecule has 2 rings (SSSR count). The Bertz CT molecular complexity index is 605. The zero-order valence-electron chi connectivity index (χ0n) is 11.3. The molecule has 0 saturated heterocycles. The SMILES string of the molecule is CCNc1cc(Sc2ccc(F)c(F)c2)nc(CC)n1. The van der Waals surface area contributed by atoms with Gasteiger partial charge in [-0.25, -0.2) is 18.7 Å². The fraction of sp³-hybridized carbons (Fsp3) is 0.286. The molecule has 1 N–H and O–H groups in total. The summed E-state index contributed by atoms with van der Waals surface area (Å²) in [4.78, 5) is 9.33. The quantitative estimate of drug-likeness (QED) is 0.849. The van der Waals surface area contributed by atoms with Crippen LogP contribution in [0, 0.1) is 11.6 Å². The van der Waals surface area contributed by atoms with E-state index in [0.29, 0.717) is 22.2 Å². The van der Waals surface area contributed by atoms with Gasteiger partial charge in [0.15, 0.2) is 11.6 Å². The number of nitrogens with one attached hydrogen (secondary N) is 1. The molecule has 0 saturated carbocycles. The number of hydrogen-bond acceptors (Lipinski definition) is 4. The molecule has 1 aromatic heterocycles. The second kappa shape index (κ2) is 6.65. The number of aryl methyl sites for hydroxylation is 1. The highest BCUT2D eigenvalue weighted by molar-refractivity contribution is 7.99. The lowest BCUT2D eigenvalue weighted by atomic mass is 10.3. The van der Waals surface area contributed by atoms with E-state index in [1.54, 1.807) is 6.07 Å². The standard InChI is InChI=1S/C14H15F2N3S/c1-3-12-18-13(17-4-2)8-14(19-12)20-9-5-6-10(15)11(16)7-9/h5-8H,3-4H2,1-2H3,(H,17,18,19). The van der Waals surface area contributed by atoms with Crippen LogP contribution in [0.5, 0.6) is 0 Å². The monoisotopic (exact) mass is 295 g/mol. The fourth-order valence-electron chi connectivity index (χ4n) is 1.62. The number of nitrogens with zero attached hydrogens (tertiary/aromatic N) is 2. The van der Waals surface area contributed by atoms with Crippen molar-refractivity contribution in [2.24, 2.45) is 0 Å². The number of anilines is 1. The summed E-state index contributed by atoms with van der Waals surface area (Å²) in [6.07, 6.45) is 0.713. The van der Waals surface area contributed by atoms with E-state index in [1.165, 1.54) is 23.9 Å². The third-order valence-corrected chi connectivity index (χ3v) is 3.44. The number of aromatic nitrogens is 2. The van der Waals surface area contributed by atoms with Crippen molar-refractivity contribution in [1.82, 2.24) is 9.97 Å². The van der Waals surface area contributed by atoms with Crippen LogP contribution in [0.1, 0.15) is 19.7 Å². The summed E-state index contributed by atoms with van der Waals surface area (Å²) < 4.78 is 26.1. The van der Waals surface area contributed by atoms with Gasteiger partial charge in [-0.2, -0.15) is 0 Å². The first-order chi connectivity index (χ1) is 9.62. The molecule has 0 aliphatic carbocycles. The Morgan fingerprint density at radius 3 is 2.55 bits per heavy atom. The van der Waals surface area contributed by atoms with E-state index < -0.39 is 11.6 Å². The highest BCUT2D eigenvalue weighted by Gasteiger charge is 2.07. The number of benzene rings is 1. The van der Waals surface area contributed by atoms with Gasteiger partial charge in [0.05, 0.1) is 0 Å². The summed E-state index contributed by atoms with van der Waals surface area (Å²) in [5, 5.41) is 3.84. The van der Waals surface area contributed by atoms with E-state index in [-0.39, 0.29) is 0 Å². The predicted octanol–water partition coefficient (Wildman–Crippen LogP) is 3.90. The first-order valence-electron chi connectivity index (χ1n) is 6.37. The van der Waals surface area contributed by atoms with Gasteiger partial charge in [-0.15, -0.1) is 0 Å². The van der Waals surface area contributed by atoms with Gasteiger partial charge in [-0.3, -0.25) is 0 Å². The van der Waals surface area contributed by atoms with Crippen LogP contribution in [0.25, 0.3) is 0 Å². The Balaban J connectivity index is 2.27. The Morgan fingerprint density at radius 1 is 1.10 bits per heavy atom. The maximum atomic E-state index is 13.2. The van der Waals surface area contributed by atoms with Crippen LogP contribution in [-0.2, 0) is 6.42 Å². The van der Waals surface area contributed by atoms with Crippen LogP contribution >= 0.6 is 11.8 Å². The zero-order valence-corrected chi connectivity index (χ0v) is 12.1. The first-order valence-corrected chi connectivity index (χ1v) is 7.18. The van der Waals surface area contributed by atoms with Crippen LogP contribution in [-0.4, -0.2) is 16.5 Å². The van der Waals surface area contributed by atoms with Gasteiger partial charge in [0.1, 0.15) is 16.7 Å². The van der Waals surface area contributed by atoms with Crippen molar-refractivity contribution in [2.45, 2.75) is 30.2 Å². The van der Waals surface area contributed by atoms with Gasteiger partial charge in [0.25, 0.3) is 0 Å². The first kappa shape index (κ1) is 14.7. The van der Waals surface area contributed by atoms with E-state index in [9.17, 15) is 8.78 Å². The predicted molar refractivity (Wildman–Crippen MR) is 76.1 cm³/mol. The molecule has 6 heteroatoms. The van der Waals surface area contributed by atoms with Crippen molar-refractivity contribution >= 4 is 17.6 Å². The Hall–Kier alpha value is -1.69. The van der Waals surface area contributed by atoms with Gasteiger partial charge in [-0.05, 0) is 25.1 Å². The molecular formula is C14H15F2N3S. The highest BCUT2D eigenvalue weighted by atomic mass is 32.2. The molecule has 0 spiro atoms. The molecule has 0 aliphatic rings. The molecule has 2 aromatic rings. The number of hydrogen-bond donors (Lipinski definition) is 1.